The summed E-state index contributed by atoms with van der Waals surface area (Å²) in [7, 11) is 0. The van der Waals surface area contributed by atoms with Crippen molar-refractivity contribution in [2.45, 2.75) is 57.9 Å². The van der Waals surface area contributed by atoms with E-state index in [1.54, 1.807) is 24.3 Å². The van der Waals surface area contributed by atoms with Gasteiger partial charge < -0.3 is 10.6 Å². The topological polar surface area (TPSA) is 75.3 Å². The average molecular weight is 342 g/mol. The highest BCUT2D eigenvalue weighted by atomic mass is 16.2. The molecule has 2 N–H and O–H groups in total. The molecule has 134 valence electrons. The summed E-state index contributed by atoms with van der Waals surface area (Å²) in [5.41, 5.74) is 1.17. The van der Waals surface area contributed by atoms with E-state index in [2.05, 4.69) is 10.6 Å². The van der Waals surface area contributed by atoms with Crippen LogP contribution in [0.4, 0.5) is 5.69 Å². The van der Waals surface area contributed by atoms with Crippen molar-refractivity contribution < 1.29 is 14.4 Å². The molecule has 0 bridgehead atoms. The largest absolute Gasteiger partial charge is 0.353 e. The fraction of sp³-hybridized carbons (Fsp3) is 0.550. The Balaban J connectivity index is 1.50. The van der Waals surface area contributed by atoms with Crippen LogP contribution >= 0.6 is 0 Å². The van der Waals surface area contributed by atoms with Crippen LogP contribution in [-0.4, -0.2) is 23.6 Å². The highest BCUT2D eigenvalue weighted by molar-refractivity contribution is 6.01. The Hall–Kier alpha value is -2.17. The maximum atomic E-state index is 12.4. The first-order chi connectivity index (χ1) is 12.0. The third kappa shape index (κ3) is 4.68. The highest BCUT2D eigenvalue weighted by Gasteiger charge is 2.48. The summed E-state index contributed by atoms with van der Waals surface area (Å²) >= 11 is 0. The lowest BCUT2D eigenvalue weighted by Crippen LogP contribution is -2.36. The molecule has 25 heavy (non-hydrogen) atoms. The summed E-state index contributed by atoms with van der Waals surface area (Å²) in [6.45, 7) is 1.50. The molecular formula is C20H26N2O3. The molecule has 0 radical (unpaired) electrons. The highest BCUT2D eigenvalue weighted by Crippen LogP contribution is 2.40. The zero-order valence-corrected chi connectivity index (χ0v) is 14.7. The van der Waals surface area contributed by atoms with Crippen LogP contribution < -0.4 is 10.6 Å². The molecule has 0 heterocycles. The van der Waals surface area contributed by atoms with Crippen LogP contribution in [0.25, 0.3) is 0 Å². The molecule has 2 aliphatic rings. The van der Waals surface area contributed by atoms with Gasteiger partial charge >= 0.3 is 0 Å². The molecule has 2 amide bonds. The summed E-state index contributed by atoms with van der Waals surface area (Å²) in [6, 6.07) is 7.16. The number of hydrogen-bond donors (Lipinski definition) is 2. The molecule has 2 fully saturated rings. The summed E-state index contributed by atoms with van der Waals surface area (Å²) in [5.74, 6) is -0.625. The van der Waals surface area contributed by atoms with Gasteiger partial charge in [-0.3, -0.25) is 14.4 Å². The van der Waals surface area contributed by atoms with Gasteiger partial charge in [0, 0.05) is 17.3 Å². The molecule has 5 nitrogen and oxygen atoms in total. The van der Waals surface area contributed by atoms with Crippen molar-refractivity contribution in [2.24, 2.45) is 11.8 Å². The normalized spacial score (nSPS) is 23.4. The molecule has 2 unspecified atom stereocenters. The van der Waals surface area contributed by atoms with E-state index in [1.807, 2.05) is 0 Å². The minimum absolute atomic E-state index is 0.0181. The summed E-state index contributed by atoms with van der Waals surface area (Å²) < 4.78 is 0. The first-order valence-electron chi connectivity index (χ1n) is 9.27. The number of carbonyl (C=O) groups is 3. The van der Waals surface area contributed by atoms with E-state index in [4.69, 9.17) is 0 Å². The minimum Gasteiger partial charge on any atom is -0.353 e. The third-order valence-electron chi connectivity index (χ3n) is 5.20. The van der Waals surface area contributed by atoms with Crippen LogP contribution in [0.15, 0.2) is 24.3 Å². The number of ketones is 1. The number of rotatable bonds is 5. The quantitative estimate of drug-likeness (QED) is 0.637. The van der Waals surface area contributed by atoms with Crippen molar-refractivity contribution in [1.29, 1.82) is 0 Å². The van der Waals surface area contributed by atoms with E-state index >= 15 is 0 Å². The molecule has 0 aliphatic heterocycles. The van der Waals surface area contributed by atoms with Gasteiger partial charge in [-0.25, -0.2) is 0 Å². The molecule has 1 aromatic carbocycles. The van der Waals surface area contributed by atoms with Gasteiger partial charge in [0.1, 0.15) is 0 Å². The van der Waals surface area contributed by atoms with Crippen LogP contribution in [0.1, 0.15) is 62.2 Å². The standard InChI is InChI=1S/C20H26N2O3/c1-13(23)14-7-6-10-16(11-14)22-20(25)18-12-17(18)19(24)21-15-8-4-2-3-5-9-15/h6-7,10-11,15,17-18H,2-5,8-9,12H2,1H3,(H,21,24)(H,22,25). The fourth-order valence-corrected chi connectivity index (χ4v) is 3.56. The van der Waals surface area contributed by atoms with Gasteiger partial charge in [0.15, 0.2) is 5.78 Å². The molecule has 2 atom stereocenters. The Labute approximate surface area is 148 Å². The van der Waals surface area contributed by atoms with E-state index in [-0.39, 0.29) is 35.5 Å². The monoisotopic (exact) mass is 342 g/mol. The minimum atomic E-state index is -0.258. The number of carbonyl (C=O) groups excluding carboxylic acids is 3. The smallest absolute Gasteiger partial charge is 0.228 e. The number of nitrogens with one attached hydrogen (secondary N) is 2. The zero-order valence-electron chi connectivity index (χ0n) is 14.7. The first kappa shape index (κ1) is 17.6. The van der Waals surface area contributed by atoms with Crippen molar-refractivity contribution in [3.8, 4) is 0 Å². The molecule has 0 saturated heterocycles. The number of amides is 2. The number of benzene rings is 1. The number of Topliss-reactive ketones (excluding diaryl/α,β-unsaturated/α-hetero) is 1. The predicted octanol–water partition coefficient (Wildman–Crippen LogP) is 3.30. The van der Waals surface area contributed by atoms with E-state index in [0.717, 1.165) is 12.8 Å². The molecule has 5 heteroatoms. The SMILES string of the molecule is CC(=O)c1cccc(NC(=O)C2CC2C(=O)NC2CCCCCC2)c1. The van der Waals surface area contributed by atoms with Gasteiger partial charge in [0.2, 0.25) is 11.8 Å². The Bertz CT molecular complexity index is 663. The van der Waals surface area contributed by atoms with E-state index in [0.29, 0.717) is 17.7 Å². The average Bonchev–Trinajstić information content (AvgIpc) is 3.40. The van der Waals surface area contributed by atoms with Crippen LogP contribution in [0.2, 0.25) is 0 Å². The number of anilines is 1. The summed E-state index contributed by atoms with van der Waals surface area (Å²) in [6.07, 6.45) is 7.55. The first-order valence-corrected chi connectivity index (χ1v) is 9.27. The van der Waals surface area contributed by atoms with Crippen LogP contribution in [0, 0.1) is 11.8 Å². The predicted molar refractivity (Wildman–Crippen MR) is 96.3 cm³/mol. The molecule has 2 saturated carbocycles. The molecule has 0 aromatic heterocycles. The molecule has 1 aromatic rings. The second kappa shape index (κ2) is 7.81. The van der Waals surface area contributed by atoms with Gasteiger partial charge in [-0.05, 0) is 38.3 Å². The maximum absolute atomic E-state index is 12.4. The number of hydrogen-bond acceptors (Lipinski definition) is 3. The lowest BCUT2D eigenvalue weighted by molar-refractivity contribution is -0.125. The van der Waals surface area contributed by atoms with Crippen molar-refractivity contribution in [3.05, 3.63) is 29.8 Å². The molecule has 2 aliphatic carbocycles. The Morgan fingerprint density at radius 1 is 0.960 bits per heavy atom. The van der Waals surface area contributed by atoms with Crippen molar-refractivity contribution in [2.75, 3.05) is 5.32 Å². The molecular weight excluding hydrogens is 316 g/mol. The molecule has 0 spiro atoms. The van der Waals surface area contributed by atoms with Gasteiger partial charge in [0.25, 0.3) is 0 Å². The van der Waals surface area contributed by atoms with Crippen molar-refractivity contribution in [1.82, 2.24) is 5.32 Å². The van der Waals surface area contributed by atoms with E-state index < -0.39 is 0 Å². The van der Waals surface area contributed by atoms with Gasteiger partial charge in [0.05, 0.1) is 11.8 Å². The lowest BCUT2D eigenvalue weighted by atomic mass is 10.1. The third-order valence-corrected chi connectivity index (χ3v) is 5.20. The summed E-state index contributed by atoms with van der Waals surface area (Å²) in [5, 5.41) is 5.96. The van der Waals surface area contributed by atoms with Crippen LogP contribution in [0.5, 0.6) is 0 Å². The van der Waals surface area contributed by atoms with Gasteiger partial charge in [-0.15, -0.1) is 0 Å². The fourth-order valence-electron chi connectivity index (χ4n) is 3.56. The maximum Gasteiger partial charge on any atom is 0.228 e. The summed E-state index contributed by atoms with van der Waals surface area (Å²) in [4.78, 5) is 36.1. The van der Waals surface area contributed by atoms with E-state index in [9.17, 15) is 14.4 Å². The zero-order chi connectivity index (χ0) is 17.8. The second-order valence-corrected chi connectivity index (χ2v) is 7.27. The Morgan fingerprint density at radius 3 is 2.32 bits per heavy atom. The molecule has 3 rings (SSSR count). The van der Waals surface area contributed by atoms with E-state index in [1.165, 1.54) is 32.6 Å². The Kier molecular flexibility index (Phi) is 5.51. The van der Waals surface area contributed by atoms with Crippen LogP contribution in [0.3, 0.4) is 0 Å². The Morgan fingerprint density at radius 2 is 1.64 bits per heavy atom. The van der Waals surface area contributed by atoms with Gasteiger partial charge in [-0.2, -0.15) is 0 Å². The van der Waals surface area contributed by atoms with Crippen molar-refractivity contribution >= 4 is 23.3 Å². The second-order valence-electron chi connectivity index (χ2n) is 7.27. The van der Waals surface area contributed by atoms with Gasteiger partial charge in [-0.1, -0.05) is 37.8 Å². The van der Waals surface area contributed by atoms with Crippen LogP contribution in [-0.2, 0) is 9.59 Å². The lowest BCUT2D eigenvalue weighted by Gasteiger charge is -2.16. The van der Waals surface area contributed by atoms with Crippen molar-refractivity contribution in [3.63, 3.8) is 0 Å².